The van der Waals surface area contributed by atoms with Gasteiger partial charge in [-0.3, -0.25) is 0 Å². The number of hydrogen-bond donors (Lipinski definition) is 3. The van der Waals surface area contributed by atoms with Crippen molar-refractivity contribution in [1.29, 1.82) is 5.26 Å². The summed E-state index contributed by atoms with van der Waals surface area (Å²) in [5.41, 5.74) is 2.03. The van der Waals surface area contributed by atoms with E-state index >= 15 is 0 Å². The molecule has 100 valence electrons. The molecule has 3 N–H and O–H groups in total. The normalized spacial score (nSPS) is 10.6. The van der Waals surface area contributed by atoms with Crippen molar-refractivity contribution in [2.24, 2.45) is 0 Å². The second-order valence-electron chi connectivity index (χ2n) is 4.19. The van der Waals surface area contributed by atoms with Crippen LogP contribution in [-0.2, 0) is 6.54 Å². The molecule has 6 nitrogen and oxygen atoms in total. The average molecular weight is 333 g/mol. The van der Waals surface area contributed by atoms with Gasteiger partial charge in [-0.25, -0.2) is 4.79 Å². The van der Waals surface area contributed by atoms with E-state index in [1.807, 2.05) is 18.2 Å². The van der Waals surface area contributed by atoms with Crippen LogP contribution >= 0.6 is 15.9 Å². The molecule has 2 heterocycles. The number of furan rings is 1. The van der Waals surface area contributed by atoms with Gasteiger partial charge in [0.1, 0.15) is 11.8 Å². The zero-order valence-corrected chi connectivity index (χ0v) is 11.7. The van der Waals surface area contributed by atoms with E-state index in [0.29, 0.717) is 12.3 Å². The van der Waals surface area contributed by atoms with Gasteiger partial charge in [-0.2, -0.15) is 5.26 Å². The molecule has 0 aliphatic rings. The SMILES string of the molecule is N#Cc1ccc(CNc2cc3[nH]c(=O)[nH]c3cc2Br)o1. The van der Waals surface area contributed by atoms with E-state index in [9.17, 15) is 4.79 Å². The maximum Gasteiger partial charge on any atom is 0.323 e. The molecule has 3 rings (SSSR count). The molecule has 0 aliphatic carbocycles. The number of benzene rings is 1. The van der Waals surface area contributed by atoms with Gasteiger partial charge in [0, 0.05) is 4.47 Å². The number of imidazole rings is 1. The molecule has 0 spiro atoms. The summed E-state index contributed by atoms with van der Waals surface area (Å²) in [7, 11) is 0. The van der Waals surface area contributed by atoms with E-state index in [-0.39, 0.29) is 11.4 Å². The molecular formula is C13H9BrN4O2. The monoisotopic (exact) mass is 332 g/mol. The first-order valence-corrected chi connectivity index (χ1v) is 6.59. The standard InChI is InChI=1S/C13H9BrN4O2/c14-9-3-11-12(18-13(19)17-11)4-10(9)16-6-8-2-1-7(5-15)20-8/h1-4,16H,6H2,(H2,17,18,19). The van der Waals surface area contributed by atoms with Gasteiger partial charge in [0.25, 0.3) is 0 Å². The van der Waals surface area contributed by atoms with Crippen LogP contribution in [-0.4, -0.2) is 9.97 Å². The lowest BCUT2D eigenvalue weighted by Crippen LogP contribution is -1.99. The highest BCUT2D eigenvalue weighted by Gasteiger charge is 2.07. The first-order chi connectivity index (χ1) is 9.65. The zero-order chi connectivity index (χ0) is 14.1. The Morgan fingerprint density at radius 2 is 2.05 bits per heavy atom. The van der Waals surface area contributed by atoms with E-state index in [4.69, 9.17) is 9.68 Å². The van der Waals surface area contributed by atoms with Crippen LogP contribution in [0.2, 0.25) is 0 Å². The van der Waals surface area contributed by atoms with E-state index in [1.54, 1.807) is 12.1 Å². The minimum atomic E-state index is -0.242. The first kappa shape index (κ1) is 12.6. The lowest BCUT2D eigenvalue weighted by molar-refractivity contribution is 0.506. The third-order valence-electron chi connectivity index (χ3n) is 2.83. The van der Waals surface area contributed by atoms with Gasteiger partial charge in [-0.05, 0) is 40.2 Å². The molecule has 0 saturated carbocycles. The maximum absolute atomic E-state index is 11.2. The highest BCUT2D eigenvalue weighted by Crippen LogP contribution is 2.26. The Balaban J connectivity index is 1.85. The van der Waals surface area contributed by atoms with Crippen LogP contribution in [0.4, 0.5) is 5.69 Å². The number of hydrogen-bond acceptors (Lipinski definition) is 4. The topological polar surface area (TPSA) is 97.6 Å². The summed E-state index contributed by atoms with van der Waals surface area (Å²) in [4.78, 5) is 16.6. The van der Waals surface area contributed by atoms with E-state index < -0.39 is 0 Å². The fourth-order valence-electron chi connectivity index (χ4n) is 1.91. The molecule has 20 heavy (non-hydrogen) atoms. The van der Waals surface area contributed by atoms with Crippen LogP contribution in [0.3, 0.4) is 0 Å². The van der Waals surface area contributed by atoms with Crippen LogP contribution in [0.15, 0.2) is 37.9 Å². The highest BCUT2D eigenvalue weighted by molar-refractivity contribution is 9.10. The fraction of sp³-hybridized carbons (Fsp3) is 0.0769. The summed E-state index contributed by atoms with van der Waals surface area (Å²) >= 11 is 3.44. The van der Waals surface area contributed by atoms with Gasteiger partial charge >= 0.3 is 5.69 Å². The number of nitriles is 1. The first-order valence-electron chi connectivity index (χ1n) is 5.80. The maximum atomic E-state index is 11.2. The van der Waals surface area contributed by atoms with Gasteiger partial charge in [0.05, 0.1) is 23.3 Å². The Morgan fingerprint density at radius 3 is 2.75 bits per heavy atom. The number of anilines is 1. The smallest absolute Gasteiger partial charge is 0.323 e. The Bertz CT molecular complexity index is 868. The largest absolute Gasteiger partial charge is 0.449 e. The lowest BCUT2D eigenvalue weighted by Gasteiger charge is -2.07. The Kier molecular flexibility index (Phi) is 3.08. The number of halogens is 1. The van der Waals surface area contributed by atoms with Crippen LogP contribution in [0, 0.1) is 11.3 Å². The van der Waals surface area contributed by atoms with Crippen molar-refractivity contribution in [3.63, 3.8) is 0 Å². The molecule has 0 bridgehead atoms. The number of nitrogens with one attached hydrogen (secondary N) is 3. The van der Waals surface area contributed by atoms with Crippen molar-refractivity contribution >= 4 is 32.7 Å². The number of rotatable bonds is 3. The third-order valence-corrected chi connectivity index (χ3v) is 3.48. The van der Waals surface area contributed by atoms with Crippen LogP contribution in [0.5, 0.6) is 0 Å². The van der Waals surface area contributed by atoms with Crippen molar-refractivity contribution in [2.75, 3.05) is 5.32 Å². The summed E-state index contributed by atoms with van der Waals surface area (Å²) in [6.45, 7) is 0.445. The van der Waals surface area contributed by atoms with Gasteiger partial charge in [-0.1, -0.05) is 0 Å². The molecule has 1 aromatic carbocycles. The van der Waals surface area contributed by atoms with Crippen molar-refractivity contribution in [3.05, 3.63) is 50.7 Å². The second-order valence-corrected chi connectivity index (χ2v) is 5.04. The second kappa shape index (κ2) is 4.90. The molecule has 7 heteroatoms. The number of fused-ring (bicyclic) bond motifs is 1. The summed E-state index contributed by atoms with van der Waals surface area (Å²) in [5.74, 6) is 0.947. The number of H-pyrrole nitrogens is 2. The molecule has 2 aromatic heterocycles. The molecule has 0 unspecified atom stereocenters. The van der Waals surface area contributed by atoms with Crippen molar-refractivity contribution in [2.45, 2.75) is 6.54 Å². The molecule has 0 saturated heterocycles. The summed E-state index contributed by atoms with van der Waals surface area (Å²) < 4.78 is 6.11. The Morgan fingerprint density at radius 1 is 1.30 bits per heavy atom. The molecule has 0 atom stereocenters. The number of aromatic nitrogens is 2. The van der Waals surface area contributed by atoms with Crippen molar-refractivity contribution in [3.8, 4) is 6.07 Å². The number of aromatic amines is 2. The Labute approximate surface area is 121 Å². The van der Waals surface area contributed by atoms with E-state index in [0.717, 1.165) is 21.2 Å². The molecule has 3 aromatic rings. The number of nitrogens with zero attached hydrogens (tertiary/aromatic N) is 1. The van der Waals surface area contributed by atoms with E-state index in [2.05, 4.69) is 31.2 Å². The van der Waals surface area contributed by atoms with Crippen LogP contribution in [0.1, 0.15) is 11.5 Å². The molecule has 0 fully saturated rings. The van der Waals surface area contributed by atoms with Gasteiger partial charge in [0.15, 0.2) is 0 Å². The third kappa shape index (κ3) is 2.33. The average Bonchev–Trinajstić information content (AvgIpc) is 3.01. The van der Waals surface area contributed by atoms with Crippen LogP contribution in [0.25, 0.3) is 11.0 Å². The summed E-state index contributed by atoms with van der Waals surface area (Å²) in [5, 5.41) is 11.9. The van der Waals surface area contributed by atoms with Crippen molar-refractivity contribution in [1.82, 2.24) is 9.97 Å². The fourth-order valence-corrected chi connectivity index (χ4v) is 2.39. The Hall–Kier alpha value is -2.46. The van der Waals surface area contributed by atoms with Gasteiger partial charge < -0.3 is 19.7 Å². The quantitative estimate of drug-likeness (QED) is 0.686. The van der Waals surface area contributed by atoms with Gasteiger partial charge in [-0.15, -0.1) is 0 Å². The van der Waals surface area contributed by atoms with E-state index in [1.165, 1.54) is 0 Å². The molecule has 0 aliphatic heterocycles. The zero-order valence-electron chi connectivity index (χ0n) is 10.2. The lowest BCUT2D eigenvalue weighted by atomic mass is 10.2. The van der Waals surface area contributed by atoms with Gasteiger partial charge in [0.2, 0.25) is 5.76 Å². The highest BCUT2D eigenvalue weighted by atomic mass is 79.9. The predicted molar refractivity (Wildman–Crippen MR) is 77.4 cm³/mol. The summed E-state index contributed by atoms with van der Waals surface area (Å²) in [6.07, 6.45) is 0. The van der Waals surface area contributed by atoms with Crippen LogP contribution < -0.4 is 11.0 Å². The minimum absolute atomic E-state index is 0.242. The minimum Gasteiger partial charge on any atom is -0.449 e. The molecular weight excluding hydrogens is 324 g/mol. The molecule has 0 radical (unpaired) electrons. The molecule has 0 amide bonds. The predicted octanol–water partition coefficient (Wildman–Crippen LogP) is 2.70. The van der Waals surface area contributed by atoms with Crippen molar-refractivity contribution < 1.29 is 4.42 Å². The summed E-state index contributed by atoms with van der Waals surface area (Å²) in [6, 6.07) is 8.95.